The van der Waals surface area contributed by atoms with Crippen molar-refractivity contribution in [3.63, 3.8) is 0 Å². The van der Waals surface area contributed by atoms with Gasteiger partial charge in [0.15, 0.2) is 0 Å². The van der Waals surface area contributed by atoms with Crippen LogP contribution >= 0.6 is 0 Å². The van der Waals surface area contributed by atoms with E-state index in [1.165, 1.54) is 5.57 Å². The van der Waals surface area contributed by atoms with Gasteiger partial charge in [0.05, 0.1) is 0 Å². The fraction of sp³-hybridized carbons (Fsp3) is 0.750. The van der Waals surface area contributed by atoms with Crippen molar-refractivity contribution < 1.29 is 0 Å². The van der Waals surface area contributed by atoms with Crippen LogP contribution in [0.25, 0.3) is 0 Å². The van der Waals surface area contributed by atoms with Gasteiger partial charge in [0.2, 0.25) is 0 Å². The zero-order valence-corrected chi connectivity index (χ0v) is 6.81. The summed E-state index contributed by atoms with van der Waals surface area (Å²) in [5, 5.41) is 0. The average Bonchev–Trinajstić information content (AvgIpc) is 1.84. The Kier molecular flexibility index (Phi) is 3.55. The summed E-state index contributed by atoms with van der Waals surface area (Å²) >= 11 is 0. The molecular formula is C8H17N. The van der Waals surface area contributed by atoms with E-state index in [1.54, 1.807) is 0 Å². The molecule has 0 aromatic carbocycles. The van der Waals surface area contributed by atoms with Crippen LogP contribution in [0.4, 0.5) is 0 Å². The fourth-order valence-corrected chi connectivity index (χ4v) is 0.718. The third-order valence-corrected chi connectivity index (χ3v) is 1.70. The van der Waals surface area contributed by atoms with E-state index in [2.05, 4.69) is 26.8 Å². The molecule has 0 rings (SSSR count). The second kappa shape index (κ2) is 3.67. The van der Waals surface area contributed by atoms with Crippen molar-refractivity contribution in [2.45, 2.75) is 33.7 Å². The van der Waals surface area contributed by atoms with E-state index in [1.807, 2.05) is 6.92 Å². The highest BCUT2D eigenvalue weighted by Crippen LogP contribution is 2.07. The summed E-state index contributed by atoms with van der Waals surface area (Å²) in [7, 11) is 0. The molecule has 0 bridgehead atoms. The zero-order valence-electron chi connectivity index (χ0n) is 6.81. The molecule has 2 N–H and O–H groups in total. The van der Waals surface area contributed by atoms with Gasteiger partial charge in [-0.1, -0.05) is 25.5 Å². The van der Waals surface area contributed by atoms with E-state index >= 15 is 0 Å². The maximum Gasteiger partial charge on any atom is 0.0274 e. The van der Waals surface area contributed by atoms with E-state index < -0.39 is 0 Å². The molecule has 0 amide bonds. The van der Waals surface area contributed by atoms with Crippen LogP contribution in [-0.4, -0.2) is 6.04 Å². The predicted molar refractivity (Wildman–Crippen MR) is 42.2 cm³/mol. The molecule has 0 aromatic rings. The molecule has 0 spiro atoms. The first kappa shape index (κ1) is 8.70. The van der Waals surface area contributed by atoms with E-state index in [0.717, 1.165) is 0 Å². The third kappa shape index (κ3) is 2.66. The molecule has 1 heteroatoms. The fourth-order valence-electron chi connectivity index (χ4n) is 0.718. The van der Waals surface area contributed by atoms with Gasteiger partial charge in [-0.05, 0) is 19.8 Å². The van der Waals surface area contributed by atoms with Crippen molar-refractivity contribution in [1.82, 2.24) is 0 Å². The first-order valence-electron chi connectivity index (χ1n) is 3.48. The lowest BCUT2D eigenvalue weighted by atomic mass is 9.98. The van der Waals surface area contributed by atoms with Crippen LogP contribution in [0.1, 0.15) is 27.7 Å². The Hall–Kier alpha value is -0.300. The molecule has 0 heterocycles. The van der Waals surface area contributed by atoms with Crippen LogP contribution in [0.15, 0.2) is 11.6 Å². The van der Waals surface area contributed by atoms with Crippen LogP contribution in [0.5, 0.6) is 0 Å². The van der Waals surface area contributed by atoms with E-state index in [9.17, 15) is 0 Å². The number of hydrogen-bond acceptors (Lipinski definition) is 1. The van der Waals surface area contributed by atoms with Crippen molar-refractivity contribution in [1.29, 1.82) is 0 Å². The first-order valence-corrected chi connectivity index (χ1v) is 3.48. The SMILES string of the molecule is C/C=C(\C)C(N)C(C)C. The van der Waals surface area contributed by atoms with Gasteiger partial charge in [-0.3, -0.25) is 0 Å². The summed E-state index contributed by atoms with van der Waals surface area (Å²) in [5.74, 6) is 0.557. The monoisotopic (exact) mass is 127 g/mol. The van der Waals surface area contributed by atoms with Gasteiger partial charge in [0.25, 0.3) is 0 Å². The topological polar surface area (TPSA) is 26.0 Å². The van der Waals surface area contributed by atoms with Gasteiger partial charge >= 0.3 is 0 Å². The molecule has 0 aliphatic carbocycles. The molecule has 9 heavy (non-hydrogen) atoms. The normalized spacial score (nSPS) is 16.4. The molecule has 0 aliphatic heterocycles. The van der Waals surface area contributed by atoms with Crippen molar-refractivity contribution in [2.24, 2.45) is 11.7 Å². The van der Waals surface area contributed by atoms with Crippen molar-refractivity contribution in [2.75, 3.05) is 0 Å². The summed E-state index contributed by atoms with van der Waals surface area (Å²) < 4.78 is 0. The molecule has 0 saturated heterocycles. The lowest BCUT2D eigenvalue weighted by Gasteiger charge is -2.15. The first-order chi connectivity index (χ1) is 4.09. The van der Waals surface area contributed by atoms with Crippen molar-refractivity contribution in [3.05, 3.63) is 11.6 Å². The average molecular weight is 127 g/mol. The highest BCUT2D eigenvalue weighted by Gasteiger charge is 2.06. The summed E-state index contributed by atoms with van der Waals surface area (Å²) in [5.41, 5.74) is 7.08. The molecule has 54 valence electrons. The predicted octanol–water partition coefficient (Wildman–Crippen LogP) is 1.94. The van der Waals surface area contributed by atoms with Gasteiger partial charge in [-0.2, -0.15) is 0 Å². The van der Waals surface area contributed by atoms with Crippen LogP contribution < -0.4 is 5.73 Å². The van der Waals surface area contributed by atoms with Gasteiger partial charge in [-0.15, -0.1) is 0 Å². The van der Waals surface area contributed by atoms with Gasteiger partial charge in [-0.25, -0.2) is 0 Å². The maximum absolute atomic E-state index is 5.80. The Balaban J connectivity index is 3.88. The Morgan fingerprint density at radius 1 is 1.44 bits per heavy atom. The molecule has 1 atom stereocenters. The molecule has 1 nitrogen and oxygen atoms in total. The van der Waals surface area contributed by atoms with Crippen molar-refractivity contribution in [3.8, 4) is 0 Å². The molecule has 0 radical (unpaired) electrons. The largest absolute Gasteiger partial charge is 0.324 e. The molecule has 0 aromatic heterocycles. The smallest absolute Gasteiger partial charge is 0.0274 e. The maximum atomic E-state index is 5.80. The second-order valence-electron chi connectivity index (χ2n) is 2.80. The third-order valence-electron chi connectivity index (χ3n) is 1.70. The van der Waals surface area contributed by atoms with Crippen LogP contribution in [0.2, 0.25) is 0 Å². The van der Waals surface area contributed by atoms with Crippen LogP contribution in [-0.2, 0) is 0 Å². The quantitative estimate of drug-likeness (QED) is 0.564. The Morgan fingerprint density at radius 2 is 1.89 bits per heavy atom. The zero-order chi connectivity index (χ0) is 7.44. The molecule has 0 fully saturated rings. The van der Waals surface area contributed by atoms with Crippen LogP contribution in [0, 0.1) is 5.92 Å². The Bertz CT molecular complexity index is 103. The molecular weight excluding hydrogens is 110 g/mol. The highest BCUT2D eigenvalue weighted by molar-refractivity contribution is 5.05. The lowest BCUT2D eigenvalue weighted by molar-refractivity contribution is 0.548. The van der Waals surface area contributed by atoms with E-state index in [4.69, 9.17) is 5.73 Å². The number of allylic oxidation sites excluding steroid dienone is 1. The molecule has 1 unspecified atom stereocenters. The molecule has 0 saturated carbocycles. The summed E-state index contributed by atoms with van der Waals surface area (Å²) in [4.78, 5) is 0. The minimum absolute atomic E-state index is 0.245. The minimum Gasteiger partial charge on any atom is -0.324 e. The van der Waals surface area contributed by atoms with Gasteiger partial charge in [0, 0.05) is 6.04 Å². The number of hydrogen-bond donors (Lipinski definition) is 1. The minimum atomic E-state index is 0.245. The van der Waals surface area contributed by atoms with Crippen LogP contribution in [0.3, 0.4) is 0 Å². The summed E-state index contributed by atoms with van der Waals surface area (Å²) in [6.45, 7) is 8.37. The summed E-state index contributed by atoms with van der Waals surface area (Å²) in [6.07, 6.45) is 2.07. The molecule has 0 aliphatic rings. The Morgan fingerprint density at radius 3 is 2.00 bits per heavy atom. The second-order valence-corrected chi connectivity index (χ2v) is 2.80. The number of rotatable bonds is 2. The van der Waals surface area contributed by atoms with Crippen molar-refractivity contribution >= 4 is 0 Å². The van der Waals surface area contributed by atoms with E-state index in [-0.39, 0.29) is 6.04 Å². The van der Waals surface area contributed by atoms with Gasteiger partial charge < -0.3 is 5.73 Å². The van der Waals surface area contributed by atoms with Gasteiger partial charge in [0.1, 0.15) is 0 Å². The number of nitrogens with two attached hydrogens (primary N) is 1. The highest BCUT2D eigenvalue weighted by atomic mass is 14.6. The Labute approximate surface area is 57.9 Å². The standard InChI is InChI=1S/C8H17N/c1-5-7(4)8(9)6(2)3/h5-6,8H,9H2,1-4H3/b7-5+. The van der Waals surface area contributed by atoms with E-state index in [0.29, 0.717) is 5.92 Å². The lowest BCUT2D eigenvalue weighted by Crippen LogP contribution is -2.27. The summed E-state index contributed by atoms with van der Waals surface area (Å²) in [6, 6.07) is 0.245.